The van der Waals surface area contributed by atoms with Gasteiger partial charge < -0.3 is 4.90 Å². The van der Waals surface area contributed by atoms with Crippen molar-refractivity contribution in [1.82, 2.24) is 9.47 Å². The van der Waals surface area contributed by atoms with Crippen molar-refractivity contribution in [1.29, 1.82) is 0 Å². The third-order valence-electron chi connectivity index (χ3n) is 4.34. The Bertz CT molecular complexity index is 776. The van der Waals surface area contributed by atoms with Gasteiger partial charge in [0.25, 0.3) is 11.5 Å². The second kappa shape index (κ2) is 7.25. The predicted molar refractivity (Wildman–Crippen MR) is 90.9 cm³/mol. The van der Waals surface area contributed by atoms with E-state index in [1.807, 2.05) is 6.07 Å². The molecule has 1 atom stereocenters. The van der Waals surface area contributed by atoms with Gasteiger partial charge in [0.2, 0.25) is 0 Å². The standard InChI is InChI=1S/C19H20N2O3/c22-16-11-5-8-14-21(16)17(18(23)15-9-3-1-4-10-15)19(24)20-12-6-2-7-13-20/h1,3-5,8-11,14,17H,2,6-7,12-13H2/t17-/m0/s1. The zero-order valence-electron chi connectivity index (χ0n) is 13.4. The lowest BCUT2D eigenvalue weighted by atomic mass is 10.0. The maximum absolute atomic E-state index is 13.0. The van der Waals surface area contributed by atoms with Gasteiger partial charge in [-0.2, -0.15) is 0 Å². The summed E-state index contributed by atoms with van der Waals surface area (Å²) in [6.45, 7) is 1.28. The van der Waals surface area contributed by atoms with Crippen molar-refractivity contribution in [2.45, 2.75) is 25.3 Å². The maximum Gasteiger partial charge on any atom is 0.253 e. The van der Waals surface area contributed by atoms with Gasteiger partial charge >= 0.3 is 0 Å². The van der Waals surface area contributed by atoms with Gasteiger partial charge in [-0.3, -0.25) is 19.0 Å². The van der Waals surface area contributed by atoms with Crippen molar-refractivity contribution < 1.29 is 9.59 Å². The highest BCUT2D eigenvalue weighted by Gasteiger charge is 2.33. The number of benzene rings is 1. The van der Waals surface area contributed by atoms with Crippen LogP contribution in [0.2, 0.25) is 0 Å². The van der Waals surface area contributed by atoms with Crippen LogP contribution in [-0.2, 0) is 4.79 Å². The number of carbonyl (C=O) groups excluding carboxylic acids is 2. The summed E-state index contributed by atoms with van der Waals surface area (Å²) >= 11 is 0. The molecule has 0 spiro atoms. The molecule has 0 saturated carbocycles. The molecule has 2 heterocycles. The van der Waals surface area contributed by atoms with Crippen LogP contribution in [0.25, 0.3) is 0 Å². The molecular formula is C19H20N2O3. The lowest BCUT2D eigenvalue weighted by Crippen LogP contribution is -2.45. The number of amides is 1. The lowest BCUT2D eigenvalue weighted by Gasteiger charge is -2.30. The summed E-state index contributed by atoms with van der Waals surface area (Å²) in [5, 5.41) is 0. The molecule has 0 bridgehead atoms. The average Bonchev–Trinajstić information content (AvgIpc) is 2.64. The Kier molecular flexibility index (Phi) is 4.89. The quantitative estimate of drug-likeness (QED) is 0.640. The lowest BCUT2D eigenvalue weighted by molar-refractivity contribution is -0.134. The fourth-order valence-electron chi connectivity index (χ4n) is 3.06. The summed E-state index contributed by atoms with van der Waals surface area (Å²) < 4.78 is 1.24. The molecule has 1 amide bonds. The van der Waals surface area contributed by atoms with Gasteiger partial charge in [-0.25, -0.2) is 0 Å². The average molecular weight is 324 g/mol. The molecular weight excluding hydrogens is 304 g/mol. The SMILES string of the molecule is O=C(c1ccccc1)[C@@H](C(=O)N1CCCCC1)n1ccccc1=O. The molecule has 0 radical (unpaired) electrons. The molecule has 1 aromatic heterocycles. The van der Waals surface area contributed by atoms with E-state index >= 15 is 0 Å². The molecule has 1 fully saturated rings. The van der Waals surface area contributed by atoms with Crippen LogP contribution in [0, 0.1) is 0 Å². The van der Waals surface area contributed by atoms with Crippen LogP contribution in [0.3, 0.4) is 0 Å². The van der Waals surface area contributed by atoms with Gasteiger partial charge in [0, 0.05) is 30.9 Å². The number of aromatic nitrogens is 1. The number of pyridine rings is 1. The Morgan fingerprint density at radius 2 is 1.54 bits per heavy atom. The van der Waals surface area contributed by atoms with Gasteiger partial charge in [0.15, 0.2) is 11.8 Å². The number of nitrogens with zero attached hydrogens (tertiary/aromatic N) is 2. The first-order valence-electron chi connectivity index (χ1n) is 8.24. The van der Waals surface area contributed by atoms with Crippen molar-refractivity contribution in [3.63, 3.8) is 0 Å². The second-order valence-electron chi connectivity index (χ2n) is 5.96. The first kappa shape index (κ1) is 16.2. The molecule has 5 nitrogen and oxygen atoms in total. The molecule has 5 heteroatoms. The minimum absolute atomic E-state index is 0.295. The fraction of sp³-hybridized carbons (Fsp3) is 0.316. The summed E-state index contributed by atoms with van der Waals surface area (Å²) in [7, 11) is 0. The van der Waals surface area contributed by atoms with E-state index in [4.69, 9.17) is 0 Å². The number of carbonyl (C=O) groups is 2. The van der Waals surface area contributed by atoms with Crippen LogP contribution in [-0.4, -0.2) is 34.2 Å². The highest BCUT2D eigenvalue weighted by Crippen LogP contribution is 2.19. The second-order valence-corrected chi connectivity index (χ2v) is 5.96. The Balaban J connectivity index is 2.01. The Morgan fingerprint density at radius 3 is 2.21 bits per heavy atom. The molecule has 0 unspecified atom stereocenters. The van der Waals surface area contributed by atoms with Crippen LogP contribution in [0.5, 0.6) is 0 Å². The van der Waals surface area contributed by atoms with E-state index in [0.29, 0.717) is 18.7 Å². The van der Waals surface area contributed by atoms with Gasteiger partial charge in [-0.15, -0.1) is 0 Å². The van der Waals surface area contributed by atoms with E-state index in [1.165, 1.54) is 16.8 Å². The van der Waals surface area contributed by atoms with Gasteiger partial charge in [0.05, 0.1) is 0 Å². The highest BCUT2D eigenvalue weighted by molar-refractivity contribution is 6.11. The van der Waals surface area contributed by atoms with Crippen molar-refractivity contribution >= 4 is 11.7 Å². The minimum atomic E-state index is -1.14. The molecule has 1 aliphatic rings. The maximum atomic E-state index is 13.0. The van der Waals surface area contributed by atoms with Crippen LogP contribution in [0.15, 0.2) is 59.5 Å². The number of rotatable bonds is 4. The van der Waals surface area contributed by atoms with Crippen molar-refractivity contribution in [2.24, 2.45) is 0 Å². The van der Waals surface area contributed by atoms with Crippen molar-refractivity contribution in [3.8, 4) is 0 Å². The van der Waals surface area contributed by atoms with Crippen LogP contribution >= 0.6 is 0 Å². The van der Waals surface area contributed by atoms with E-state index in [-0.39, 0.29) is 17.2 Å². The third kappa shape index (κ3) is 3.30. The molecule has 3 rings (SSSR count). The van der Waals surface area contributed by atoms with E-state index < -0.39 is 6.04 Å². The highest BCUT2D eigenvalue weighted by atomic mass is 16.2. The largest absolute Gasteiger partial charge is 0.340 e. The fourth-order valence-corrected chi connectivity index (χ4v) is 3.06. The van der Waals surface area contributed by atoms with Crippen LogP contribution < -0.4 is 5.56 Å². The normalized spacial score (nSPS) is 15.8. The summed E-state index contributed by atoms with van der Waals surface area (Å²) in [6, 6.07) is 12.2. The van der Waals surface area contributed by atoms with E-state index in [0.717, 1.165) is 19.3 Å². The Hall–Kier alpha value is -2.69. The molecule has 1 aromatic carbocycles. The number of likely N-dealkylation sites (tertiary alicyclic amines) is 1. The van der Waals surface area contributed by atoms with E-state index in [9.17, 15) is 14.4 Å². The first-order valence-corrected chi connectivity index (χ1v) is 8.24. The zero-order chi connectivity index (χ0) is 16.9. The van der Waals surface area contributed by atoms with E-state index in [2.05, 4.69) is 0 Å². The number of piperidine rings is 1. The molecule has 24 heavy (non-hydrogen) atoms. The molecule has 1 saturated heterocycles. The number of hydrogen-bond acceptors (Lipinski definition) is 3. The summed E-state index contributed by atoms with van der Waals surface area (Å²) in [4.78, 5) is 39.9. The van der Waals surface area contributed by atoms with Gasteiger partial charge in [0.1, 0.15) is 0 Å². The van der Waals surface area contributed by atoms with Crippen LogP contribution in [0.4, 0.5) is 0 Å². The molecule has 2 aromatic rings. The van der Waals surface area contributed by atoms with Crippen molar-refractivity contribution in [2.75, 3.05) is 13.1 Å². The number of hydrogen-bond donors (Lipinski definition) is 0. The van der Waals surface area contributed by atoms with E-state index in [1.54, 1.807) is 41.3 Å². The number of Topliss-reactive ketones (excluding diaryl/α,β-unsaturated/α-hetero) is 1. The molecule has 1 aliphatic heterocycles. The predicted octanol–water partition coefficient (Wildman–Crippen LogP) is 2.28. The smallest absolute Gasteiger partial charge is 0.253 e. The van der Waals surface area contributed by atoms with Crippen molar-refractivity contribution in [3.05, 3.63) is 70.6 Å². The Morgan fingerprint density at radius 1 is 0.875 bits per heavy atom. The molecule has 0 aliphatic carbocycles. The Labute approximate surface area is 140 Å². The summed E-state index contributed by atoms with van der Waals surface area (Å²) in [5.41, 5.74) is 0.0840. The van der Waals surface area contributed by atoms with Crippen LogP contribution in [0.1, 0.15) is 35.7 Å². The third-order valence-corrected chi connectivity index (χ3v) is 4.34. The number of ketones is 1. The molecule has 124 valence electrons. The first-order chi connectivity index (χ1) is 11.7. The summed E-state index contributed by atoms with van der Waals surface area (Å²) in [5.74, 6) is -0.642. The van der Waals surface area contributed by atoms with Gasteiger partial charge in [-0.1, -0.05) is 36.4 Å². The zero-order valence-corrected chi connectivity index (χ0v) is 13.4. The topological polar surface area (TPSA) is 59.4 Å². The monoisotopic (exact) mass is 324 g/mol. The summed E-state index contributed by atoms with van der Waals surface area (Å²) in [6.07, 6.45) is 4.46. The molecule has 0 N–H and O–H groups in total. The van der Waals surface area contributed by atoms with Gasteiger partial charge in [-0.05, 0) is 25.3 Å². The minimum Gasteiger partial charge on any atom is -0.340 e.